The van der Waals surface area contributed by atoms with Crippen LogP contribution in [0.5, 0.6) is 11.5 Å². The number of rotatable bonds is 5. The largest absolute Gasteiger partial charge is 0.467 e. The number of nitrogens with zero attached hydrogens (tertiary/aromatic N) is 2. The Balaban J connectivity index is 1.49. The van der Waals surface area contributed by atoms with Gasteiger partial charge in [-0.1, -0.05) is 0 Å². The highest BCUT2D eigenvalue weighted by Gasteiger charge is 2.20. The highest BCUT2D eigenvalue weighted by atomic mass is 16.7. The van der Waals surface area contributed by atoms with Crippen molar-refractivity contribution in [3.63, 3.8) is 0 Å². The van der Waals surface area contributed by atoms with Gasteiger partial charge >= 0.3 is 0 Å². The van der Waals surface area contributed by atoms with Crippen LogP contribution in [0.1, 0.15) is 22.2 Å². The molecule has 0 unspecified atom stereocenters. The summed E-state index contributed by atoms with van der Waals surface area (Å²) in [5.74, 6) is 1.76. The molecule has 1 aliphatic heterocycles. The first-order chi connectivity index (χ1) is 11.8. The molecule has 0 saturated carbocycles. The topological polar surface area (TPSA) is 78.5 Å². The Morgan fingerprint density at radius 3 is 2.96 bits per heavy atom. The molecule has 3 aromatic rings. The second-order valence-corrected chi connectivity index (χ2v) is 5.30. The van der Waals surface area contributed by atoms with E-state index in [4.69, 9.17) is 13.9 Å². The van der Waals surface area contributed by atoms with Crippen LogP contribution < -0.4 is 14.8 Å². The van der Waals surface area contributed by atoms with E-state index in [-0.39, 0.29) is 18.7 Å². The molecular weight excluding hydrogens is 310 g/mol. The molecule has 1 aliphatic rings. The van der Waals surface area contributed by atoms with Crippen LogP contribution in [0.3, 0.4) is 0 Å². The number of ether oxygens (including phenoxy) is 2. The minimum Gasteiger partial charge on any atom is -0.467 e. The van der Waals surface area contributed by atoms with E-state index in [1.165, 1.54) is 0 Å². The molecule has 1 amide bonds. The van der Waals surface area contributed by atoms with E-state index in [0.29, 0.717) is 23.6 Å². The minimum atomic E-state index is -0.215. The van der Waals surface area contributed by atoms with Gasteiger partial charge in [0.1, 0.15) is 11.8 Å². The molecule has 24 heavy (non-hydrogen) atoms. The Morgan fingerprint density at radius 1 is 1.25 bits per heavy atom. The van der Waals surface area contributed by atoms with Crippen molar-refractivity contribution >= 4 is 5.91 Å². The summed E-state index contributed by atoms with van der Waals surface area (Å²) in [7, 11) is 0. The molecular formula is C17H15N3O4. The monoisotopic (exact) mass is 325 g/mol. The zero-order valence-electron chi connectivity index (χ0n) is 12.7. The van der Waals surface area contributed by atoms with E-state index in [1.54, 1.807) is 35.3 Å². The van der Waals surface area contributed by atoms with Crippen molar-refractivity contribution in [3.8, 4) is 11.5 Å². The Bertz CT molecular complexity index is 793. The summed E-state index contributed by atoms with van der Waals surface area (Å²) >= 11 is 0. The van der Waals surface area contributed by atoms with Crippen molar-refractivity contribution in [1.82, 2.24) is 15.1 Å². The van der Waals surface area contributed by atoms with Gasteiger partial charge in [0.25, 0.3) is 5.91 Å². The number of furan rings is 1. The number of benzene rings is 1. The van der Waals surface area contributed by atoms with Crippen molar-refractivity contribution < 1.29 is 18.7 Å². The predicted octanol–water partition coefficient (Wildman–Crippen LogP) is 2.22. The van der Waals surface area contributed by atoms with Gasteiger partial charge in [-0.3, -0.25) is 9.48 Å². The molecule has 3 heterocycles. The number of hydrogen-bond donors (Lipinski definition) is 1. The van der Waals surface area contributed by atoms with E-state index in [2.05, 4.69) is 10.4 Å². The molecule has 1 N–H and O–H groups in total. The van der Waals surface area contributed by atoms with Crippen molar-refractivity contribution in [2.45, 2.75) is 6.04 Å². The highest BCUT2D eigenvalue weighted by Crippen LogP contribution is 2.32. The lowest BCUT2D eigenvalue weighted by molar-refractivity contribution is 0.0947. The normalized spacial score (nSPS) is 13.7. The lowest BCUT2D eigenvalue weighted by Crippen LogP contribution is -2.31. The molecule has 2 aromatic heterocycles. The molecule has 0 aliphatic carbocycles. The van der Waals surface area contributed by atoms with Gasteiger partial charge in [0.15, 0.2) is 11.5 Å². The fourth-order valence-electron chi connectivity index (χ4n) is 2.60. The molecule has 0 saturated heterocycles. The van der Waals surface area contributed by atoms with Crippen molar-refractivity contribution in [2.75, 3.05) is 13.3 Å². The zero-order chi connectivity index (χ0) is 16.4. The fraction of sp³-hybridized carbons (Fsp3) is 0.176. The first-order valence-electron chi connectivity index (χ1n) is 7.51. The summed E-state index contributed by atoms with van der Waals surface area (Å²) < 4.78 is 17.8. The van der Waals surface area contributed by atoms with Crippen LogP contribution in [-0.2, 0) is 0 Å². The summed E-state index contributed by atoms with van der Waals surface area (Å²) in [4.78, 5) is 12.4. The molecule has 0 bridgehead atoms. The minimum absolute atomic E-state index is 0.181. The maximum absolute atomic E-state index is 12.4. The number of aromatic nitrogens is 2. The summed E-state index contributed by atoms with van der Waals surface area (Å²) in [6.45, 7) is 0.530. The number of nitrogens with one attached hydrogen (secondary N) is 1. The van der Waals surface area contributed by atoms with Crippen LogP contribution in [0.15, 0.2) is 59.5 Å². The number of amides is 1. The predicted molar refractivity (Wildman–Crippen MR) is 84.0 cm³/mol. The van der Waals surface area contributed by atoms with E-state index < -0.39 is 0 Å². The molecule has 7 heteroatoms. The Labute approximate surface area is 137 Å². The first kappa shape index (κ1) is 14.4. The van der Waals surface area contributed by atoms with Gasteiger partial charge in [0.2, 0.25) is 6.79 Å². The summed E-state index contributed by atoms with van der Waals surface area (Å²) in [6.07, 6.45) is 5.13. The lowest BCUT2D eigenvalue weighted by atomic mass is 10.1. The lowest BCUT2D eigenvalue weighted by Gasteiger charge is -2.16. The number of carbonyl (C=O) groups excluding carboxylic acids is 1. The molecule has 0 spiro atoms. The second-order valence-electron chi connectivity index (χ2n) is 5.30. The average Bonchev–Trinajstić information content (AvgIpc) is 3.36. The first-order valence-corrected chi connectivity index (χ1v) is 7.51. The SMILES string of the molecule is O=C(NC[C@@H](c1ccco1)n1cccn1)c1ccc2c(c1)OCO2. The Kier molecular flexibility index (Phi) is 3.66. The van der Waals surface area contributed by atoms with Crippen LogP contribution in [0.25, 0.3) is 0 Å². The number of carbonyl (C=O) groups is 1. The molecule has 4 rings (SSSR count). The highest BCUT2D eigenvalue weighted by molar-refractivity contribution is 5.94. The van der Waals surface area contributed by atoms with Crippen LogP contribution >= 0.6 is 0 Å². The maximum Gasteiger partial charge on any atom is 0.251 e. The van der Waals surface area contributed by atoms with Crippen LogP contribution in [0, 0.1) is 0 Å². The third-order valence-electron chi connectivity index (χ3n) is 3.81. The standard InChI is InChI=1S/C17H15N3O4/c21-17(12-4-5-15-16(9-12)24-11-23-15)18-10-13(14-3-1-8-22-14)20-7-2-6-19-20/h1-9,13H,10-11H2,(H,18,21)/t13-/m0/s1. The molecule has 0 fully saturated rings. The fourth-order valence-corrected chi connectivity index (χ4v) is 2.60. The van der Waals surface area contributed by atoms with Gasteiger partial charge in [-0.05, 0) is 36.4 Å². The van der Waals surface area contributed by atoms with E-state index in [0.717, 1.165) is 5.76 Å². The molecule has 0 radical (unpaired) electrons. The molecule has 122 valence electrons. The molecule has 7 nitrogen and oxygen atoms in total. The zero-order valence-corrected chi connectivity index (χ0v) is 12.7. The van der Waals surface area contributed by atoms with Crippen molar-refractivity contribution in [2.24, 2.45) is 0 Å². The van der Waals surface area contributed by atoms with Crippen LogP contribution in [0.4, 0.5) is 0 Å². The van der Waals surface area contributed by atoms with Gasteiger partial charge in [-0.15, -0.1) is 0 Å². The van der Waals surface area contributed by atoms with Gasteiger partial charge in [0.05, 0.1) is 6.26 Å². The number of hydrogen-bond acceptors (Lipinski definition) is 5. The summed E-state index contributed by atoms with van der Waals surface area (Å²) in [6, 6.07) is 10.4. The summed E-state index contributed by atoms with van der Waals surface area (Å²) in [5, 5.41) is 7.15. The van der Waals surface area contributed by atoms with Crippen LogP contribution in [0.2, 0.25) is 0 Å². The van der Waals surface area contributed by atoms with Crippen molar-refractivity contribution in [1.29, 1.82) is 0 Å². The second kappa shape index (κ2) is 6.11. The van der Waals surface area contributed by atoms with Crippen LogP contribution in [-0.4, -0.2) is 29.0 Å². The van der Waals surface area contributed by atoms with E-state index >= 15 is 0 Å². The molecule has 1 aromatic carbocycles. The van der Waals surface area contributed by atoms with E-state index in [1.807, 2.05) is 24.4 Å². The Morgan fingerprint density at radius 2 is 2.17 bits per heavy atom. The third kappa shape index (κ3) is 2.71. The van der Waals surface area contributed by atoms with Gasteiger partial charge in [-0.25, -0.2) is 0 Å². The Hall–Kier alpha value is -3.22. The quantitative estimate of drug-likeness (QED) is 0.778. The van der Waals surface area contributed by atoms with Gasteiger partial charge in [0, 0.05) is 24.5 Å². The number of fused-ring (bicyclic) bond motifs is 1. The van der Waals surface area contributed by atoms with Gasteiger partial charge in [-0.2, -0.15) is 5.10 Å². The average molecular weight is 325 g/mol. The maximum atomic E-state index is 12.4. The summed E-state index contributed by atoms with van der Waals surface area (Å²) in [5.41, 5.74) is 0.512. The molecule has 1 atom stereocenters. The van der Waals surface area contributed by atoms with E-state index in [9.17, 15) is 4.79 Å². The third-order valence-corrected chi connectivity index (χ3v) is 3.81. The smallest absolute Gasteiger partial charge is 0.251 e. The van der Waals surface area contributed by atoms with Crippen molar-refractivity contribution in [3.05, 3.63) is 66.4 Å². The van der Waals surface area contributed by atoms with Gasteiger partial charge < -0.3 is 19.2 Å².